The third kappa shape index (κ3) is 4.13. The van der Waals surface area contributed by atoms with Crippen molar-refractivity contribution in [1.29, 1.82) is 0 Å². The lowest BCUT2D eigenvalue weighted by atomic mass is 10.1. The number of nitrogens with two attached hydrogens (primary N) is 1. The highest BCUT2D eigenvalue weighted by Gasteiger charge is 1.94. The van der Waals surface area contributed by atoms with Crippen LogP contribution in [-0.2, 0) is 0 Å². The van der Waals surface area contributed by atoms with Gasteiger partial charge in [0.1, 0.15) is 0 Å². The maximum absolute atomic E-state index is 5.41. The van der Waals surface area contributed by atoms with Crippen molar-refractivity contribution in [3.8, 4) is 0 Å². The van der Waals surface area contributed by atoms with E-state index in [0.717, 1.165) is 12.5 Å². The molecule has 2 N–H and O–H groups in total. The van der Waals surface area contributed by atoms with E-state index < -0.39 is 0 Å². The first-order valence-electron chi connectivity index (χ1n) is 3.51. The van der Waals surface area contributed by atoms with Gasteiger partial charge in [-0.25, -0.2) is 0 Å². The molecule has 0 fully saturated rings. The second kappa shape index (κ2) is 5.10. The van der Waals surface area contributed by atoms with Crippen LogP contribution in [0, 0.1) is 5.92 Å². The van der Waals surface area contributed by atoms with E-state index in [1.165, 1.54) is 19.3 Å². The Morgan fingerprint density at radius 1 is 1.50 bits per heavy atom. The van der Waals surface area contributed by atoms with Gasteiger partial charge in [-0.3, -0.25) is 0 Å². The summed E-state index contributed by atoms with van der Waals surface area (Å²) in [6.45, 7) is 5.26. The van der Waals surface area contributed by atoms with Crippen molar-refractivity contribution in [2.24, 2.45) is 11.7 Å². The van der Waals surface area contributed by atoms with E-state index in [2.05, 4.69) is 13.8 Å². The van der Waals surface area contributed by atoms with E-state index in [1.54, 1.807) is 0 Å². The van der Waals surface area contributed by atoms with Gasteiger partial charge >= 0.3 is 0 Å². The third-order valence-corrected chi connectivity index (χ3v) is 1.45. The smallest absolute Gasteiger partial charge is 0.00515 e. The van der Waals surface area contributed by atoms with E-state index in [0.29, 0.717) is 0 Å². The highest BCUT2D eigenvalue weighted by Crippen LogP contribution is 2.04. The minimum atomic E-state index is 0.731. The first-order chi connectivity index (χ1) is 3.81. The highest BCUT2D eigenvalue weighted by molar-refractivity contribution is 4.51. The predicted octanol–water partition coefficient (Wildman–Crippen LogP) is 1.77. The summed E-state index contributed by atoms with van der Waals surface area (Å²) in [4.78, 5) is 0. The minimum Gasteiger partial charge on any atom is -0.330 e. The molecule has 0 aromatic rings. The topological polar surface area (TPSA) is 26.0 Å². The van der Waals surface area contributed by atoms with Gasteiger partial charge in [-0.05, 0) is 18.9 Å². The van der Waals surface area contributed by atoms with Crippen LogP contribution < -0.4 is 5.73 Å². The van der Waals surface area contributed by atoms with Crippen molar-refractivity contribution in [3.63, 3.8) is 0 Å². The lowest BCUT2D eigenvalue weighted by Gasteiger charge is -2.04. The molecule has 0 heterocycles. The molecule has 0 amide bonds. The average Bonchev–Trinajstić information content (AvgIpc) is 1.83. The monoisotopic (exact) mass is 115 g/mol. The lowest BCUT2D eigenvalue weighted by molar-refractivity contribution is 0.516. The second-order valence-corrected chi connectivity index (χ2v) is 2.48. The Labute approximate surface area is 52.3 Å². The summed E-state index contributed by atoms with van der Waals surface area (Å²) in [7, 11) is 0. The fourth-order valence-corrected chi connectivity index (χ4v) is 0.670. The summed E-state index contributed by atoms with van der Waals surface area (Å²) in [5, 5.41) is 0. The van der Waals surface area contributed by atoms with E-state index >= 15 is 0 Å². The fourth-order valence-electron chi connectivity index (χ4n) is 0.670. The molecule has 1 atom stereocenters. The van der Waals surface area contributed by atoms with Gasteiger partial charge in [0.15, 0.2) is 0 Å². The molecule has 0 aromatic carbocycles. The van der Waals surface area contributed by atoms with Gasteiger partial charge < -0.3 is 5.73 Å². The van der Waals surface area contributed by atoms with E-state index in [1.807, 2.05) is 0 Å². The van der Waals surface area contributed by atoms with Crippen LogP contribution in [0.1, 0.15) is 33.1 Å². The van der Waals surface area contributed by atoms with Crippen LogP contribution in [0.2, 0.25) is 0 Å². The molecular formula is C7H17N. The van der Waals surface area contributed by atoms with Crippen LogP contribution in [0.25, 0.3) is 0 Å². The predicted molar refractivity (Wildman–Crippen MR) is 37.7 cm³/mol. The summed E-state index contributed by atoms with van der Waals surface area (Å²) >= 11 is 0. The van der Waals surface area contributed by atoms with Crippen LogP contribution in [0.4, 0.5) is 0 Å². The molecule has 0 bridgehead atoms. The summed E-state index contributed by atoms with van der Waals surface area (Å²) in [5.41, 5.74) is 5.41. The Morgan fingerprint density at radius 3 is 2.50 bits per heavy atom. The molecule has 0 aliphatic rings. The van der Waals surface area contributed by atoms with Crippen molar-refractivity contribution in [2.45, 2.75) is 33.1 Å². The van der Waals surface area contributed by atoms with E-state index in [9.17, 15) is 0 Å². The van der Waals surface area contributed by atoms with Gasteiger partial charge in [0.25, 0.3) is 0 Å². The van der Waals surface area contributed by atoms with E-state index in [-0.39, 0.29) is 0 Å². The molecule has 50 valence electrons. The first kappa shape index (κ1) is 7.96. The van der Waals surface area contributed by atoms with Crippen molar-refractivity contribution in [1.82, 2.24) is 0 Å². The van der Waals surface area contributed by atoms with Gasteiger partial charge in [0.2, 0.25) is 0 Å². The van der Waals surface area contributed by atoms with Gasteiger partial charge in [0, 0.05) is 0 Å². The van der Waals surface area contributed by atoms with Crippen LogP contribution in [0.15, 0.2) is 0 Å². The Hall–Kier alpha value is -0.0400. The second-order valence-electron chi connectivity index (χ2n) is 2.48. The standard InChI is InChI=1S/C7H17N/c1-3-4-5-7(2)6-8/h7H,3-6,8H2,1-2H3/t7-/m1/s1. The summed E-state index contributed by atoms with van der Waals surface area (Å²) in [6, 6.07) is 0. The molecule has 0 aliphatic heterocycles. The van der Waals surface area contributed by atoms with Crippen molar-refractivity contribution in [3.05, 3.63) is 0 Å². The Morgan fingerprint density at radius 2 is 2.12 bits per heavy atom. The Bertz CT molecular complexity index is 43.7. The molecule has 0 unspecified atom stereocenters. The maximum atomic E-state index is 5.41. The van der Waals surface area contributed by atoms with Gasteiger partial charge in [-0.15, -0.1) is 0 Å². The molecule has 8 heavy (non-hydrogen) atoms. The Kier molecular flexibility index (Phi) is 5.08. The SMILES string of the molecule is CCCC[C@@H](C)CN. The lowest BCUT2D eigenvalue weighted by Crippen LogP contribution is -2.09. The number of hydrogen-bond donors (Lipinski definition) is 1. The molecular weight excluding hydrogens is 98.1 g/mol. The normalized spacial score (nSPS) is 13.9. The number of unbranched alkanes of at least 4 members (excludes halogenated alkanes) is 1. The van der Waals surface area contributed by atoms with Crippen LogP contribution >= 0.6 is 0 Å². The first-order valence-corrected chi connectivity index (χ1v) is 3.51. The quantitative estimate of drug-likeness (QED) is 0.593. The summed E-state index contributed by atoms with van der Waals surface area (Å²) in [6.07, 6.45) is 3.93. The van der Waals surface area contributed by atoms with Crippen LogP contribution in [0.3, 0.4) is 0 Å². The van der Waals surface area contributed by atoms with Crippen LogP contribution in [-0.4, -0.2) is 6.54 Å². The average molecular weight is 115 g/mol. The number of hydrogen-bond acceptors (Lipinski definition) is 1. The molecule has 0 spiro atoms. The third-order valence-electron chi connectivity index (χ3n) is 1.45. The van der Waals surface area contributed by atoms with Crippen molar-refractivity contribution in [2.75, 3.05) is 6.54 Å². The van der Waals surface area contributed by atoms with Gasteiger partial charge in [-0.1, -0.05) is 26.7 Å². The Balaban J connectivity index is 2.86. The zero-order chi connectivity index (χ0) is 6.41. The fraction of sp³-hybridized carbons (Fsp3) is 1.00. The number of rotatable bonds is 4. The molecule has 0 aromatic heterocycles. The minimum absolute atomic E-state index is 0.731. The zero-order valence-corrected chi connectivity index (χ0v) is 5.98. The molecule has 0 rings (SSSR count). The molecule has 1 nitrogen and oxygen atoms in total. The molecule has 0 aliphatic carbocycles. The van der Waals surface area contributed by atoms with Gasteiger partial charge in [-0.2, -0.15) is 0 Å². The largest absolute Gasteiger partial charge is 0.330 e. The maximum Gasteiger partial charge on any atom is -0.00515 e. The highest BCUT2D eigenvalue weighted by atomic mass is 14.5. The van der Waals surface area contributed by atoms with Gasteiger partial charge in [0.05, 0.1) is 0 Å². The van der Waals surface area contributed by atoms with Crippen molar-refractivity contribution < 1.29 is 0 Å². The zero-order valence-electron chi connectivity index (χ0n) is 5.98. The summed E-state index contributed by atoms with van der Waals surface area (Å²) < 4.78 is 0. The molecule has 1 heteroatoms. The molecule has 0 radical (unpaired) electrons. The molecule has 0 saturated carbocycles. The summed E-state index contributed by atoms with van der Waals surface area (Å²) in [5.74, 6) is 0.731. The van der Waals surface area contributed by atoms with Crippen molar-refractivity contribution >= 4 is 0 Å². The van der Waals surface area contributed by atoms with Crippen LogP contribution in [0.5, 0.6) is 0 Å². The van der Waals surface area contributed by atoms with E-state index in [4.69, 9.17) is 5.73 Å². The molecule has 0 saturated heterocycles.